The molecule has 3 rings (SSSR count). The number of carboxylic acid groups (broad SMARTS) is 1. The Morgan fingerprint density at radius 1 is 1.00 bits per heavy atom. The number of benzene rings is 2. The van der Waals surface area contributed by atoms with Gasteiger partial charge in [0.25, 0.3) is 0 Å². The van der Waals surface area contributed by atoms with Gasteiger partial charge in [0.2, 0.25) is 0 Å². The number of rotatable bonds is 2. The van der Waals surface area contributed by atoms with E-state index in [1.54, 1.807) is 12.1 Å². The lowest BCUT2D eigenvalue weighted by Gasteiger charge is -2.08. The smallest absolute Gasteiger partial charge is 0.336 e. The SMILES string of the molecule is O=C(O)c1cc(-c2cccc(Br)c2)nc2ccc(Br)cc12. The number of aromatic carboxylic acids is 1. The van der Waals surface area contributed by atoms with Crippen molar-refractivity contribution in [3.8, 4) is 11.3 Å². The number of halogens is 2. The third-order valence-electron chi connectivity index (χ3n) is 3.12. The van der Waals surface area contributed by atoms with E-state index >= 15 is 0 Å². The number of nitrogens with zero attached hydrogens (tertiary/aromatic N) is 1. The number of carbonyl (C=O) groups is 1. The van der Waals surface area contributed by atoms with Crippen LogP contribution in [0.4, 0.5) is 0 Å². The zero-order valence-electron chi connectivity index (χ0n) is 10.7. The minimum absolute atomic E-state index is 0.247. The normalized spacial score (nSPS) is 10.8. The highest BCUT2D eigenvalue weighted by Gasteiger charge is 2.13. The van der Waals surface area contributed by atoms with E-state index in [0.717, 1.165) is 14.5 Å². The molecule has 0 amide bonds. The summed E-state index contributed by atoms with van der Waals surface area (Å²) in [5.41, 5.74) is 2.42. The largest absolute Gasteiger partial charge is 0.478 e. The van der Waals surface area contributed by atoms with Crippen LogP contribution in [0.2, 0.25) is 0 Å². The number of pyridine rings is 1. The van der Waals surface area contributed by atoms with Crippen molar-refractivity contribution in [1.82, 2.24) is 4.98 Å². The predicted molar refractivity (Wildman–Crippen MR) is 89.5 cm³/mol. The van der Waals surface area contributed by atoms with E-state index in [0.29, 0.717) is 16.6 Å². The van der Waals surface area contributed by atoms with Crippen LogP contribution in [0.25, 0.3) is 22.2 Å². The third-order valence-corrected chi connectivity index (χ3v) is 4.11. The molecule has 0 atom stereocenters. The van der Waals surface area contributed by atoms with Crippen LogP contribution in [-0.4, -0.2) is 16.1 Å². The summed E-state index contributed by atoms with van der Waals surface area (Å²) in [6.45, 7) is 0. The van der Waals surface area contributed by atoms with E-state index in [1.165, 1.54) is 0 Å². The van der Waals surface area contributed by atoms with Gasteiger partial charge >= 0.3 is 5.97 Å². The molecule has 21 heavy (non-hydrogen) atoms. The van der Waals surface area contributed by atoms with E-state index in [4.69, 9.17) is 0 Å². The monoisotopic (exact) mass is 405 g/mol. The van der Waals surface area contributed by atoms with Gasteiger partial charge in [-0.3, -0.25) is 0 Å². The molecule has 1 aromatic heterocycles. The highest BCUT2D eigenvalue weighted by atomic mass is 79.9. The number of aromatic nitrogens is 1. The molecule has 5 heteroatoms. The molecule has 0 fully saturated rings. The van der Waals surface area contributed by atoms with Gasteiger partial charge in [0.15, 0.2) is 0 Å². The van der Waals surface area contributed by atoms with Gasteiger partial charge in [-0.1, -0.05) is 44.0 Å². The topological polar surface area (TPSA) is 50.2 Å². The van der Waals surface area contributed by atoms with E-state index in [9.17, 15) is 9.90 Å². The van der Waals surface area contributed by atoms with Crippen LogP contribution in [-0.2, 0) is 0 Å². The Bertz CT molecular complexity index is 862. The van der Waals surface area contributed by atoms with Gasteiger partial charge in [-0.05, 0) is 36.4 Å². The van der Waals surface area contributed by atoms with Gasteiger partial charge in [0.1, 0.15) is 0 Å². The maximum Gasteiger partial charge on any atom is 0.336 e. The molecule has 2 aromatic carbocycles. The van der Waals surface area contributed by atoms with Crippen molar-refractivity contribution in [2.75, 3.05) is 0 Å². The summed E-state index contributed by atoms with van der Waals surface area (Å²) in [6.07, 6.45) is 0. The lowest BCUT2D eigenvalue weighted by molar-refractivity contribution is 0.0699. The Morgan fingerprint density at radius 3 is 2.48 bits per heavy atom. The number of carboxylic acids is 1. The quantitative estimate of drug-likeness (QED) is 0.642. The zero-order valence-corrected chi connectivity index (χ0v) is 13.8. The lowest BCUT2D eigenvalue weighted by atomic mass is 10.0. The fraction of sp³-hybridized carbons (Fsp3) is 0. The maximum atomic E-state index is 11.5. The first-order chi connectivity index (χ1) is 10.0. The summed E-state index contributed by atoms with van der Waals surface area (Å²) < 4.78 is 1.75. The molecule has 0 aliphatic carbocycles. The van der Waals surface area contributed by atoms with Gasteiger partial charge in [-0.2, -0.15) is 0 Å². The van der Waals surface area contributed by atoms with Crippen molar-refractivity contribution in [2.24, 2.45) is 0 Å². The van der Waals surface area contributed by atoms with Crippen LogP contribution in [0.3, 0.4) is 0 Å². The van der Waals surface area contributed by atoms with Gasteiger partial charge in [0, 0.05) is 19.9 Å². The Hall–Kier alpha value is -1.72. The minimum Gasteiger partial charge on any atom is -0.478 e. The van der Waals surface area contributed by atoms with E-state index in [1.807, 2.05) is 36.4 Å². The van der Waals surface area contributed by atoms with Gasteiger partial charge in [-0.15, -0.1) is 0 Å². The Morgan fingerprint density at radius 2 is 1.76 bits per heavy atom. The zero-order chi connectivity index (χ0) is 15.0. The molecule has 0 saturated heterocycles. The molecule has 1 N–H and O–H groups in total. The molecule has 0 spiro atoms. The summed E-state index contributed by atoms with van der Waals surface area (Å²) in [4.78, 5) is 16.1. The number of fused-ring (bicyclic) bond motifs is 1. The number of hydrogen-bond acceptors (Lipinski definition) is 2. The predicted octanol–water partition coefficient (Wildman–Crippen LogP) is 5.13. The van der Waals surface area contributed by atoms with Crippen LogP contribution in [0.1, 0.15) is 10.4 Å². The maximum absolute atomic E-state index is 11.5. The second kappa shape index (κ2) is 5.58. The molecule has 0 saturated carbocycles. The third kappa shape index (κ3) is 2.84. The first-order valence-electron chi connectivity index (χ1n) is 6.14. The summed E-state index contributed by atoms with van der Waals surface area (Å²) in [5.74, 6) is -0.961. The second-order valence-electron chi connectivity index (χ2n) is 4.53. The molecule has 0 aliphatic rings. The van der Waals surface area contributed by atoms with E-state index in [-0.39, 0.29) is 5.56 Å². The Kier molecular flexibility index (Phi) is 3.78. The average molecular weight is 407 g/mol. The fourth-order valence-electron chi connectivity index (χ4n) is 2.17. The summed E-state index contributed by atoms with van der Waals surface area (Å²) >= 11 is 6.78. The molecule has 3 aromatic rings. The summed E-state index contributed by atoms with van der Waals surface area (Å²) in [6, 6.07) is 14.7. The van der Waals surface area contributed by atoms with Crippen LogP contribution in [0.5, 0.6) is 0 Å². The van der Waals surface area contributed by atoms with Crippen LogP contribution >= 0.6 is 31.9 Å². The van der Waals surface area contributed by atoms with Crippen molar-refractivity contribution in [3.05, 3.63) is 63.0 Å². The molecule has 1 heterocycles. The van der Waals surface area contributed by atoms with Crippen molar-refractivity contribution in [3.63, 3.8) is 0 Å². The van der Waals surface area contributed by atoms with Crippen molar-refractivity contribution >= 4 is 48.7 Å². The average Bonchev–Trinajstić information content (AvgIpc) is 2.46. The molecule has 104 valence electrons. The van der Waals surface area contributed by atoms with E-state index < -0.39 is 5.97 Å². The highest BCUT2D eigenvalue weighted by molar-refractivity contribution is 9.10. The highest BCUT2D eigenvalue weighted by Crippen LogP contribution is 2.28. The molecule has 0 bridgehead atoms. The van der Waals surface area contributed by atoms with Gasteiger partial charge in [-0.25, -0.2) is 9.78 Å². The first kappa shape index (κ1) is 14.2. The van der Waals surface area contributed by atoms with Crippen molar-refractivity contribution in [1.29, 1.82) is 0 Å². The Balaban J connectivity index is 2.31. The molecule has 3 nitrogen and oxygen atoms in total. The van der Waals surface area contributed by atoms with Gasteiger partial charge < -0.3 is 5.11 Å². The van der Waals surface area contributed by atoms with Crippen LogP contribution in [0.15, 0.2) is 57.5 Å². The van der Waals surface area contributed by atoms with Crippen LogP contribution in [0, 0.1) is 0 Å². The molecule has 0 radical (unpaired) electrons. The lowest BCUT2D eigenvalue weighted by Crippen LogP contribution is -2.00. The minimum atomic E-state index is -0.961. The Labute approximate surface area is 137 Å². The summed E-state index contributed by atoms with van der Waals surface area (Å²) in [7, 11) is 0. The molecule has 0 unspecified atom stereocenters. The van der Waals surface area contributed by atoms with Gasteiger partial charge in [0.05, 0.1) is 16.8 Å². The van der Waals surface area contributed by atoms with Crippen molar-refractivity contribution in [2.45, 2.75) is 0 Å². The summed E-state index contributed by atoms with van der Waals surface area (Å²) in [5, 5.41) is 10.1. The van der Waals surface area contributed by atoms with Crippen LogP contribution < -0.4 is 0 Å². The first-order valence-corrected chi connectivity index (χ1v) is 7.73. The molecular weight excluding hydrogens is 398 g/mol. The standard InChI is InChI=1S/C16H9Br2NO2/c17-10-3-1-2-9(6-10)15-8-13(16(20)21)12-7-11(18)4-5-14(12)19-15/h1-8H,(H,20,21). The molecule has 0 aliphatic heterocycles. The second-order valence-corrected chi connectivity index (χ2v) is 6.36. The number of hydrogen-bond donors (Lipinski definition) is 1. The molecular formula is C16H9Br2NO2. The van der Waals surface area contributed by atoms with Crippen molar-refractivity contribution < 1.29 is 9.90 Å². The van der Waals surface area contributed by atoms with E-state index in [2.05, 4.69) is 36.8 Å². The fourth-order valence-corrected chi connectivity index (χ4v) is 2.93.